The standard InChI is InChI=1S/C34H41N5O9/c1-21-7-4-13-36-29(42)11-10-22(2)31(23(3)19-47-34(45)37-24-8-5-12-35-18-24)48-33(44)28-9-6-14-39(28)32(43)27-20-46-30(38-27)17-26(41)16-25(40)15-21/h4-5,7-8,10-12,15,18,20,22-23,25,28,31,40H,6,9,13-14,16-17,19H2,1-3H3,(H,36,42)(H,37,45)/b7-4+,11-10+,21-15+. The van der Waals surface area contributed by atoms with Gasteiger partial charge in [-0.05, 0) is 38.0 Å². The first kappa shape index (κ1) is 35.7. The van der Waals surface area contributed by atoms with Gasteiger partial charge in [0.2, 0.25) is 11.8 Å². The molecule has 2 aliphatic heterocycles. The van der Waals surface area contributed by atoms with Gasteiger partial charge in [0.25, 0.3) is 5.91 Å². The van der Waals surface area contributed by atoms with Gasteiger partial charge >= 0.3 is 12.1 Å². The van der Waals surface area contributed by atoms with Crippen LogP contribution < -0.4 is 10.6 Å². The van der Waals surface area contributed by atoms with Crippen molar-refractivity contribution in [1.82, 2.24) is 20.2 Å². The monoisotopic (exact) mass is 663 g/mol. The molecule has 3 N–H and O–H groups in total. The fourth-order valence-corrected chi connectivity index (χ4v) is 5.44. The van der Waals surface area contributed by atoms with Gasteiger partial charge in [0, 0.05) is 37.5 Å². The van der Waals surface area contributed by atoms with Crippen molar-refractivity contribution in [3.63, 3.8) is 0 Å². The molecule has 0 spiro atoms. The second kappa shape index (κ2) is 17.2. The molecule has 14 nitrogen and oxygen atoms in total. The Labute approximate surface area is 278 Å². The number of oxazole rings is 1. The maximum absolute atomic E-state index is 13.6. The minimum atomic E-state index is -1.05. The Morgan fingerprint density at radius 1 is 1.25 bits per heavy atom. The molecule has 2 aromatic heterocycles. The molecule has 5 atom stereocenters. The summed E-state index contributed by atoms with van der Waals surface area (Å²) < 4.78 is 16.8. The maximum atomic E-state index is 13.6. The van der Waals surface area contributed by atoms with Crippen molar-refractivity contribution in [1.29, 1.82) is 0 Å². The average Bonchev–Trinajstić information content (AvgIpc) is 3.73. The summed E-state index contributed by atoms with van der Waals surface area (Å²) in [5.41, 5.74) is 1.08. The van der Waals surface area contributed by atoms with Crippen LogP contribution in [-0.2, 0) is 30.3 Å². The van der Waals surface area contributed by atoms with Crippen molar-refractivity contribution in [2.45, 2.75) is 64.7 Å². The number of carbonyl (C=O) groups is 5. The second-order valence-corrected chi connectivity index (χ2v) is 11.9. The number of ether oxygens (including phenoxy) is 2. The van der Waals surface area contributed by atoms with Gasteiger partial charge in [0.15, 0.2) is 5.69 Å². The molecule has 1 fully saturated rings. The van der Waals surface area contributed by atoms with Crippen molar-refractivity contribution in [3.05, 3.63) is 78.3 Å². The molecule has 48 heavy (non-hydrogen) atoms. The zero-order valence-electron chi connectivity index (χ0n) is 27.2. The van der Waals surface area contributed by atoms with Gasteiger partial charge in [-0.15, -0.1) is 0 Å². The topological polar surface area (TPSA) is 190 Å². The van der Waals surface area contributed by atoms with Gasteiger partial charge in [0.1, 0.15) is 24.2 Å². The van der Waals surface area contributed by atoms with Gasteiger partial charge in [0.05, 0.1) is 31.0 Å². The van der Waals surface area contributed by atoms with Crippen LogP contribution in [0.3, 0.4) is 0 Å². The maximum Gasteiger partial charge on any atom is 0.411 e. The minimum Gasteiger partial charge on any atom is -0.460 e. The second-order valence-electron chi connectivity index (χ2n) is 11.9. The fraction of sp³-hybridized carbons (Fsp3) is 0.441. The van der Waals surface area contributed by atoms with Crippen molar-refractivity contribution in [2.75, 3.05) is 25.0 Å². The van der Waals surface area contributed by atoms with E-state index in [0.717, 1.165) is 6.26 Å². The molecule has 5 unspecified atom stereocenters. The Hall–Kier alpha value is -5.11. The number of rotatable bonds is 4. The van der Waals surface area contributed by atoms with Crippen LogP contribution in [0.5, 0.6) is 0 Å². The van der Waals surface area contributed by atoms with Crippen LogP contribution in [0, 0.1) is 11.8 Å². The molecular weight excluding hydrogens is 622 g/mol. The lowest BCUT2D eigenvalue weighted by Crippen LogP contribution is -2.44. The number of carbonyl (C=O) groups excluding carboxylic acids is 5. The van der Waals surface area contributed by atoms with Gasteiger partial charge in [-0.25, -0.2) is 14.6 Å². The highest BCUT2D eigenvalue weighted by atomic mass is 16.6. The molecule has 0 aromatic carbocycles. The number of Topliss-reactive ketones (excluding diaryl/α,β-unsaturated/α-hetero) is 1. The summed E-state index contributed by atoms with van der Waals surface area (Å²) in [6.07, 6.45) is 9.93. The first-order valence-electron chi connectivity index (χ1n) is 15.8. The van der Waals surface area contributed by atoms with Gasteiger partial charge in [-0.1, -0.05) is 43.7 Å². The molecule has 0 saturated carbocycles. The Kier molecular flexibility index (Phi) is 12.8. The third kappa shape index (κ3) is 10.5. The van der Waals surface area contributed by atoms with Gasteiger partial charge in [-0.3, -0.25) is 24.7 Å². The third-order valence-electron chi connectivity index (χ3n) is 7.84. The molecule has 3 amide bonds. The molecule has 0 aliphatic carbocycles. The molecule has 256 valence electrons. The Morgan fingerprint density at radius 3 is 2.83 bits per heavy atom. The molecule has 14 heteroatoms. The number of aliphatic hydroxyl groups excluding tert-OH is 1. The number of pyridine rings is 1. The van der Waals surface area contributed by atoms with Crippen LogP contribution in [0.25, 0.3) is 0 Å². The van der Waals surface area contributed by atoms with E-state index in [2.05, 4.69) is 20.6 Å². The number of anilines is 1. The predicted molar refractivity (Wildman–Crippen MR) is 172 cm³/mol. The Bertz CT molecular complexity index is 1550. The lowest BCUT2D eigenvalue weighted by atomic mass is 9.93. The molecular formula is C34H41N5O9. The third-order valence-corrected chi connectivity index (χ3v) is 7.84. The van der Waals surface area contributed by atoms with E-state index in [9.17, 15) is 29.1 Å². The quantitative estimate of drug-likeness (QED) is 0.408. The van der Waals surface area contributed by atoms with E-state index in [1.807, 2.05) is 0 Å². The van der Waals surface area contributed by atoms with Crippen molar-refractivity contribution < 1.29 is 43.0 Å². The first-order chi connectivity index (χ1) is 23.0. The summed E-state index contributed by atoms with van der Waals surface area (Å²) in [6.45, 7) is 5.63. The number of ketones is 1. The summed E-state index contributed by atoms with van der Waals surface area (Å²) in [7, 11) is 0. The van der Waals surface area contributed by atoms with Crippen LogP contribution in [0.1, 0.15) is 56.4 Å². The van der Waals surface area contributed by atoms with Crippen molar-refractivity contribution in [3.8, 4) is 0 Å². The molecule has 2 aliphatic rings. The normalized spacial score (nSPS) is 26.2. The smallest absolute Gasteiger partial charge is 0.411 e. The lowest BCUT2D eigenvalue weighted by molar-refractivity contribution is -0.159. The van der Waals surface area contributed by atoms with Crippen LogP contribution in [0.15, 0.2) is 71.2 Å². The number of allylic oxidation sites excluding steroid dienone is 2. The van der Waals surface area contributed by atoms with Crippen LogP contribution in [0.2, 0.25) is 0 Å². The number of aromatic nitrogens is 2. The number of hydrogen-bond donors (Lipinski definition) is 3. The molecule has 2 aromatic rings. The van der Waals surface area contributed by atoms with E-state index in [0.29, 0.717) is 24.1 Å². The zero-order chi connectivity index (χ0) is 34.6. The summed E-state index contributed by atoms with van der Waals surface area (Å²) in [6, 6.07) is 2.40. The van der Waals surface area contributed by atoms with E-state index in [4.69, 9.17) is 13.9 Å². The van der Waals surface area contributed by atoms with E-state index in [-0.39, 0.29) is 55.8 Å². The molecule has 0 radical (unpaired) electrons. The van der Waals surface area contributed by atoms with E-state index in [1.165, 1.54) is 23.2 Å². The number of fused-ring (bicyclic) bond motifs is 3. The number of nitrogens with one attached hydrogen (secondary N) is 2. The molecule has 1 saturated heterocycles. The number of aliphatic hydroxyl groups is 1. The van der Waals surface area contributed by atoms with E-state index >= 15 is 0 Å². The Morgan fingerprint density at radius 2 is 2.06 bits per heavy atom. The largest absolute Gasteiger partial charge is 0.460 e. The highest BCUT2D eigenvalue weighted by Gasteiger charge is 2.39. The Balaban J connectivity index is 1.54. The fourth-order valence-electron chi connectivity index (χ4n) is 5.44. The first-order valence-corrected chi connectivity index (χ1v) is 15.8. The van der Waals surface area contributed by atoms with Crippen LogP contribution >= 0.6 is 0 Å². The highest BCUT2D eigenvalue weighted by molar-refractivity contribution is 5.95. The average molecular weight is 664 g/mol. The zero-order valence-corrected chi connectivity index (χ0v) is 27.2. The van der Waals surface area contributed by atoms with Crippen molar-refractivity contribution >= 4 is 35.3 Å². The predicted octanol–water partition coefficient (Wildman–Crippen LogP) is 3.16. The number of nitrogens with zero attached hydrogens (tertiary/aromatic N) is 3. The van der Waals surface area contributed by atoms with Crippen molar-refractivity contribution in [2.24, 2.45) is 11.8 Å². The van der Waals surface area contributed by atoms with Gasteiger partial charge < -0.3 is 29.2 Å². The number of hydrogen-bond acceptors (Lipinski definition) is 11. The number of esters is 1. The molecule has 4 heterocycles. The van der Waals surface area contributed by atoms with E-state index < -0.39 is 48.1 Å². The molecule has 2 bridgehead atoms. The van der Waals surface area contributed by atoms with Crippen LogP contribution in [0.4, 0.5) is 10.5 Å². The van der Waals surface area contributed by atoms with E-state index in [1.54, 1.807) is 57.3 Å². The summed E-state index contributed by atoms with van der Waals surface area (Å²) in [5.74, 6) is -2.92. The minimum absolute atomic E-state index is 0.0191. The number of amides is 3. The lowest BCUT2D eigenvalue weighted by Gasteiger charge is -2.30. The summed E-state index contributed by atoms with van der Waals surface area (Å²) in [4.78, 5) is 74.1. The summed E-state index contributed by atoms with van der Waals surface area (Å²) in [5, 5.41) is 15.7. The highest BCUT2D eigenvalue weighted by Crippen LogP contribution is 2.26. The SMILES string of the molecule is CC1=C\C(O)CC(=O)Cc2nc(co2)C(=O)N2CCCC2C(=O)OC(C(C)COC(=O)Nc2cccnc2)C(C)/C=C/C(=O)NC\C=C\1. The summed E-state index contributed by atoms with van der Waals surface area (Å²) >= 11 is 0. The number of cyclic esters (lactones) is 1. The van der Waals surface area contributed by atoms with Crippen LogP contribution in [-0.4, -0.2) is 87.6 Å². The van der Waals surface area contributed by atoms with Gasteiger partial charge in [-0.2, -0.15) is 0 Å². The molecule has 4 rings (SSSR count).